The van der Waals surface area contributed by atoms with Gasteiger partial charge in [-0.1, -0.05) is 6.92 Å². The van der Waals surface area contributed by atoms with Gasteiger partial charge in [0.05, 0.1) is 13.2 Å². The van der Waals surface area contributed by atoms with Crippen LogP contribution in [0.4, 0.5) is 5.82 Å². The topological polar surface area (TPSA) is 67.4 Å². The smallest absolute Gasteiger partial charge is 0.274 e. The minimum absolute atomic E-state index is 0.0761. The summed E-state index contributed by atoms with van der Waals surface area (Å²) in [6, 6.07) is 3.50. The summed E-state index contributed by atoms with van der Waals surface area (Å²) in [6.07, 6.45) is 1.02. The molecule has 0 bridgehead atoms. The van der Waals surface area contributed by atoms with E-state index in [9.17, 15) is 4.79 Å². The Kier molecular flexibility index (Phi) is 4.46. The van der Waals surface area contributed by atoms with Crippen molar-refractivity contribution in [3.05, 3.63) is 17.8 Å². The lowest BCUT2D eigenvalue weighted by Gasteiger charge is -2.26. The van der Waals surface area contributed by atoms with Crippen molar-refractivity contribution < 1.29 is 9.53 Å². The van der Waals surface area contributed by atoms with Crippen molar-refractivity contribution in [2.45, 2.75) is 13.3 Å². The van der Waals surface area contributed by atoms with Gasteiger partial charge >= 0.3 is 0 Å². The molecule has 1 N–H and O–H groups in total. The van der Waals surface area contributed by atoms with Crippen molar-refractivity contribution in [1.82, 2.24) is 15.1 Å². The summed E-state index contributed by atoms with van der Waals surface area (Å²) >= 11 is 0. The SMILES string of the molecule is CCCNc1ccc(C(=O)N2CCOCC2)nn1. The Bertz CT molecular complexity index is 388. The molecule has 1 amide bonds. The summed E-state index contributed by atoms with van der Waals surface area (Å²) < 4.78 is 5.21. The third-order valence-electron chi connectivity index (χ3n) is 2.74. The molecule has 0 unspecified atom stereocenters. The number of nitrogens with zero attached hydrogens (tertiary/aromatic N) is 3. The van der Waals surface area contributed by atoms with Crippen LogP contribution in [0.3, 0.4) is 0 Å². The van der Waals surface area contributed by atoms with Crippen LogP contribution >= 0.6 is 0 Å². The predicted molar refractivity (Wildman–Crippen MR) is 67.5 cm³/mol. The molecule has 6 heteroatoms. The van der Waals surface area contributed by atoms with E-state index in [0.29, 0.717) is 37.8 Å². The van der Waals surface area contributed by atoms with E-state index in [1.807, 2.05) is 0 Å². The van der Waals surface area contributed by atoms with Gasteiger partial charge in [-0.2, -0.15) is 0 Å². The predicted octanol–water partition coefficient (Wildman–Crippen LogP) is 0.771. The highest BCUT2D eigenvalue weighted by atomic mass is 16.5. The Labute approximate surface area is 106 Å². The molecular formula is C12H18N4O2. The fraction of sp³-hybridized carbons (Fsp3) is 0.583. The van der Waals surface area contributed by atoms with Crippen molar-refractivity contribution in [1.29, 1.82) is 0 Å². The van der Waals surface area contributed by atoms with Crippen LogP contribution in [0.1, 0.15) is 23.8 Å². The van der Waals surface area contributed by atoms with E-state index >= 15 is 0 Å². The number of morpholine rings is 1. The average Bonchev–Trinajstić information content (AvgIpc) is 2.46. The number of hydrogen-bond donors (Lipinski definition) is 1. The van der Waals surface area contributed by atoms with Crippen molar-refractivity contribution >= 4 is 11.7 Å². The highest BCUT2D eigenvalue weighted by molar-refractivity contribution is 5.92. The number of carbonyl (C=O) groups is 1. The van der Waals surface area contributed by atoms with Gasteiger partial charge < -0.3 is 15.0 Å². The van der Waals surface area contributed by atoms with Crippen LogP contribution in [0.25, 0.3) is 0 Å². The third-order valence-corrected chi connectivity index (χ3v) is 2.74. The molecule has 1 fully saturated rings. The fourth-order valence-electron chi connectivity index (χ4n) is 1.72. The van der Waals surface area contributed by atoms with Crippen LogP contribution in [-0.2, 0) is 4.74 Å². The van der Waals surface area contributed by atoms with Gasteiger partial charge in [0.2, 0.25) is 0 Å². The Hall–Kier alpha value is -1.69. The van der Waals surface area contributed by atoms with Crippen LogP contribution in [0.5, 0.6) is 0 Å². The average molecular weight is 250 g/mol. The van der Waals surface area contributed by atoms with Crippen LogP contribution in [0.2, 0.25) is 0 Å². The summed E-state index contributed by atoms with van der Waals surface area (Å²) in [4.78, 5) is 13.8. The highest BCUT2D eigenvalue weighted by Gasteiger charge is 2.19. The van der Waals surface area contributed by atoms with E-state index in [2.05, 4.69) is 22.4 Å². The summed E-state index contributed by atoms with van der Waals surface area (Å²) in [7, 11) is 0. The van der Waals surface area contributed by atoms with Gasteiger partial charge in [-0.05, 0) is 18.6 Å². The van der Waals surface area contributed by atoms with Crippen LogP contribution in [-0.4, -0.2) is 53.9 Å². The Morgan fingerprint density at radius 3 is 2.78 bits per heavy atom. The second kappa shape index (κ2) is 6.30. The largest absolute Gasteiger partial charge is 0.378 e. The first-order valence-corrected chi connectivity index (χ1v) is 6.26. The van der Waals surface area contributed by atoms with Gasteiger partial charge in [-0.15, -0.1) is 10.2 Å². The molecule has 0 spiro atoms. The fourth-order valence-corrected chi connectivity index (χ4v) is 1.72. The summed E-state index contributed by atoms with van der Waals surface area (Å²) in [5.74, 6) is 0.628. The van der Waals surface area contributed by atoms with Crippen LogP contribution < -0.4 is 5.32 Å². The first kappa shape index (κ1) is 12.8. The van der Waals surface area contributed by atoms with Gasteiger partial charge in [-0.3, -0.25) is 4.79 Å². The van der Waals surface area contributed by atoms with Gasteiger partial charge in [-0.25, -0.2) is 0 Å². The van der Waals surface area contributed by atoms with Crippen molar-refractivity contribution in [3.63, 3.8) is 0 Å². The molecule has 0 aliphatic carbocycles. The zero-order chi connectivity index (χ0) is 12.8. The zero-order valence-corrected chi connectivity index (χ0v) is 10.6. The van der Waals surface area contributed by atoms with Crippen molar-refractivity contribution in [2.24, 2.45) is 0 Å². The Morgan fingerprint density at radius 1 is 1.39 bits per heavy atom. The number of aromatic nitrogens is 2. The summed E-state index contributed by atoms with van der Waals surface area (Å²) in [5, 5.41) is 11.1. The van der Waals surface area contributed by atoms with Gasteiger partial charge in [0.15, 0.2) is 5.69 Å². The number of carbonyl (C=O) groups excluding carboxylic acids is 1. The molecule has 1 saturated heterocycles. The van der Waals surface area contributed by atoms with Gasteiger partial charge in [0.1, 0.15) is 5.82 Å². The number of amides is 1. The first-order chi connectivity index (χ1) is 8.81. The van der Waals surface area contributed by atoms with E-state index in [1.54, 1.807) is 17.0 Å². The molecule has 1 aliphatic heterocycles. The molecule has 2 rings (SSSR count). The summed E-state index contributed by atoms with van der Waals surface area (Å²) in [6.45, 7) is 5.36. The minimum Gasteiger partial charge on any atom is -0.378 e. The Morgan fingerprint density at radius 2 is 2.17 bits per heavy atom. The van der Waals surface area contributed by atoms with E-state index in [0.717, 1.165) is 13.0 Å². The second-order valence-corrected chi connectivity index (χ2v) is 4.14. The maximum absolute atomic E-state index is 12.1. The highest BCUT2D eigenvalue weighted by Crippen LogP contribution is 2.07. The van der Waals surface area contributed by atoms with Crippen LogP contribution in [0, 0.1) is 0 Å². The molecule has 2 heterocycles. The lowest BCUT2D eigenvalue weighted by Crippen LogP contribution is -2.41. The van der Waals surface area contributed by atoms with Crippen molar-refractivity contribution in [3.8, 4) is 0 Å². The van der Waals surface area contributed by atoms with Crippen LogP contribution in [0.15, 0.2) is 12.1 Å². The minimum atomic E-state index is -0.0761. The molecule has 1 aromatic heterocycles. The molecule has 1 aromatic rings. The molecule has 0 atom stereocenters. The standard InChI is InChI=1S/C12H18N4O2/c1-2-5-13-11-4-3-10(14-15-11)12(17)16-6-8-18-9-7-16/h3-4H,2,5-9H2,1H3,(H,13,15). The van der Waals surface area contributed by atoms with E-state index in [4.69, 9.17) is 4.74 Å². The molecule has 1 aliphatic rings. The maximum Gasteiger partial charge on any atom is 0.274 e. The lowest BCUT2D eigenvalue weighted by molar-refractivity contribution is 0.0298. The monoisotopic (exact) mass is 250 g/mol. The van der Waals surface area contributed by atoms with Gasteiger partial charge in [0.25, 0.3) is 5.91 Å². The maximum atomic E-state index is 12.1. The third kappa shape index (κ3) is 3.16. The number of rotatable bonds is 4. The number of nitrogens with one attached hydrogen (secondary N) is 1. The van der Waals surface area contributed by atoms with E-state index < -0.39 is 0 Å². The number of ether oxygens (including phenoxy) is 1. The lowest BCUT2D eigenvalue weighted by atomic mass is 10.3. The molecule has 6 nitrogen and oxygen atoms in total. The number of hydrogen-bond acceptors (Lipinski definition) is 5. The molecule has 0 aromatic carbocycles. The van der Waals surface area contributed by atoms with E-state index in [1.165, 1.54) is 0 Å². The quantitative estimate of drug-likeness (QED) is 0.855. The molecule has 18 heavy (non-hydrogen) atoms. The van der Waals surface area contributed by atoms with Crippen molar-refractivity contribution in [2.75, 3.05) is 38.2 Å². The molecule has 98 valence electrons. The Balaban J connectivity index is 1.97. The first-order valence-electron chi connectivity index (χ1n) is 6.26. The molecule has 0 saturated carbocycles. The van der Waals surface area contributed by atoms with E-state index in [-0.39, 0.29) is 5.91 Å². The zero-order valence-electron chi connectivity index (χ0n) is 10.6. The normalized spacial score (nSPS) is 15.5. The second-order valence-electron chi connectivity index (χ2n) is 4.14. The van der Waals surface area contributed by atoms with Gasteiger partial charge in [0, 0.05) is 19.6 Å². The molecule has 0 radical (unpaired) electrons. The summed E-state index contributed by atoms with van der Waals surface area (Å²) in [5.41, 5.74) is 0.388. The molecular weight excluding hydrogens is 232 g/mol. The number of anilines is 1.